The van der Waals surface area contributed by atoms with Crippen molar-refractivity contribution in [2.24, 2.45) is 7.05 Å². The van der Waals surface area contributed by atoms with E-state index in [0.717, 1.165) is 36.0 Å². The Hall–Kier alpha value is -1.82. The van der Waals surface area contributed by atoms with Crippen LogP contribution in [0.1, 0.15) is 18.3 Å². The van der Waals surface area contributed by atoms with Gasteiger partial charge in [-0.3, -0.25) is 4.68 Å². The largest absolute Gasteiger partial charge is 0.383 e. The highest BCUT2D eigenvalue weighted by molar-refractivity contribution is 5.56. The number of hydrogen-bond acceptors (Lipinski definition) is 4. The smallest absolute Gasteiger partial charge is 0.207 e. The lowest BCUT2D eigenvalue weighted by Gasteiger charge is -2.08. The van der Waals surface area contributed by atoms with Crippen LogP contribution in [0.4, 0.5) is 11.6 Å². The van der Waals surface area contributed by atoms with Crippen LogP contribution in [-0.2, 0) is 24.8 Å². The predicted octanol–water partition coefficient (Wildman–Crippen LogP) is 1.88. The third kappa shape index (κ3) is 3.14. The molecule has 1 N–H and O–H groups in total. The van der Waals surface area contributed by atoms with Crippen molar-refractivity contribution in [3.8, 4) is 0 Å². The molecule has 0 unspecified atom stereocenters. The second kappa shape index (κ2) is 5.88. The van der Waals surface area contributed by atoms with Crippen molar-refractivity contribution in [1.82, 2.24) is 19.3 Å². The molecule has 0 atom stereocenters. The summed E-state index contributed by atoms with van der Waals surface area (Å²) in [5.41, 5.74) is 3.04. The zero-order valence-corrected chi connectivity index (χ0v) is 12.0. The van der Waals surface area contributed by atoms with Crippen LogP contribution in [0.2, 0.25) is 0 Å². The van der Waals surface area contributed by atoms with Crippen molar-refractivity contribution in [3.05, 3.63) is 23.8 Å². The first-order chi connectivity index (χ1) is 9.13. The Kier molecular flexibility index (Phi) is 4.21. The molecule has 0 saturated carbocycles. The van der Waals surface area contributed by atoms with Gasteiger partial charge in [-0.05, 0) is 13.3 Å². The van der Waals surface area contributed by atoms with Crippen LogP contribution in [-0.4, -0.2) is 33.0 Å². The van der Waals surface area contributed by atoms with Crippen molar-refractivity contribution in [2.75, 3.05) is 19.0 Å². The molecule has 6 nitrogen and oxygen atoms in total. The van der Waals surface area contributed by atoms with E-state index in [9.17, 15) is 0 Å². The van der Waals surface area contributed by atoms with Crippen molar-refractivity contribution in [1.29, 1.82) is 0 Å². The molecular formula is C13H21N5O. The minimum atomic E-state index is 0.665. The number of hydrogen-bond donors (Lipinski definition) is 1. The molecule has 0 aliphatic rings. The number of anilines is 2. The molecule has 0 saturated heterocycles. The number of aromatic nitrogens is 4. The summed E-state index contributed by atoms with van der Waals surface area (Å²) in [4.78, 5) is 4.50. The second-order valence-corrected chi connectivity index (χ2v) is 4.53. The van der Waals surface area contributed by atoms with Crippen LogP contribution in [0, 0.1) is 6.92 Å². The first-order valence-corrected chi connectivity index (χ1v) is 6.46. The molecule has 2 rings (SSSR count). The Morgan fingerprint density at radius 3 is 2.84 bits per heavy atom. The van der Waals surface area contributed by atoms with E-state index >= 15 is 0 Å². The van der Waals surface area contributed by atoms with Crippen molar-refractivity contribution in [3.63, 3.8) is 0 Å². The zero-order valence-electron chi connectivity index (χ0n) is 12.0. The monoisotopic (exact) mass is 263 g/mol. The third-order valence-electron chi connectivity index (χ3n) is 2.92. The average Bonchev–Trinajstić information content (AvgIpc) is 2.90. The van der Waals surface area contributed by atoms with Gasteiger partial charge in [-0.15, -0.1) is 0 Å². The summed E-state index contributed by atoms with van der Waals surface area (Å²) in [6.07, 6.45) is 4.88. The van der Waals surface area contributed by atoms with Crippen LogP contribution in [0.15, 0.2) is 12.4 Å². The Morgan fingerprint density at radius 1 is 1.37 bits per heavy atom. The van der Waals surface area contributed by atoms with Crippen LogP contribution in [0.25, 0.3) is 0 Å². The van der Waals surface area contributed by atoms with Crippen LogP contribution in [0.3, 0.4) is 0 Å². The van der Waals surface area contributed by atoms with Gasteiger partial charge in [-0.25, -0.2) is 4.98 Å². The second-order valence-electron chi connectivity index (χ2n) is 4.53. The number of rotatable bonds is 6. The van der Waals surface area contributed by atoms with Gasteiger partial charge in [0.05, 0.1) is 23.7 Å². The Bertz CT molecular complexity index is 543. The summed E-state index contributed by atoms with van der Waals surface area (Å²) >= 11 is 0. The summed E-state index contributed by atoms with van der Waals surface area (Å²) in [7, 11) is 3.63. The summed E-state index contributed by atoms with van der Waals surface area (Å²) < 4.78 is 8.99. The number of ether oxygens (including phenoxy) is 1. The van der Waals surface area contributed by atoms with Crippen LogP contribution >= 0.6 is 0 Å². The van der Waals surface area contributed by atoms with Gasteiger partial charge in [-0.1, -0.05) is 6.92 Å². The topological polar surface area (TPSA) is 56.9 Å². The number of methoxy groups -OCH3 is 1. The van der Waals surface area contributed by atoms with Gasteiger partial charge < -0.3 is 14.6 Å². The summed E-state index contributed by atoms with van der Waals surface area (Å²) in [5.74, 6) is 0.831. The van der Waals surface area contributed by atoms with E-state index in [0.29, 0.717) is 6.61 Å². The van der Waals surface area contributed by atoms with Crippen LogP contribution in [0.5, 0.6) is 0 Å². The number of aryl methyl sites for hydroxylation is 3. The molecule has 0 bridgehead atoms. The van der Waals surface area contributed by atoms with E-state index in [1.165, 1.54) is 0 Å². The van der Waals surface area contributed by atoms with E-state index < -0.39 is 0 Å². The molecule has 19 heavy (non-hydrogen) atoms. The quantitative estimate of drug-likeness (QED) is 0.864. The van der Waals surface area contributed by atoms with Crippen LogP contribution < -0.4 is 5.32 Å². The molecule has 6 heteroatoms. The summed E-state index contributed by atoms with van der Waals surface area (Å²) in [6, 6.07) is 0. The molecule has 104 valence electrons. The molecule has 2 aromatic rings. The minimum Gasteiger partial charge on any atom is -0.383 e. The molecule has 0 radical (unpaired) electrons. The highest BCUT2D eigenvalue weighted by atomic mass is 16.5. The Balaban J connectivity index is 2.22. The third-order valence-corrected chi connectivity index (χ3v) is 2.92. The van der Waals surface area contributed by atoms with E-state index in [4.69, 9.17) is 4.74 Å². The molecule has 0 fully saturated rings. The van der Waals surface area contributed by atoms with Gasteiger partial charge in [0.2, 0.25) is 5.95 Å². The Morgan fingerprint density at radius 2 is 2.16 bits per heavy atom. The number of imidazole rings is 1. The first-order valence-electron chi connectivity index (χ1n) is 6.46. The lowest BCUT2D eigenvalue weighted by Crippen LogP contribution is -2.07. The van der Waals surface area contributed by atoms with Crippen molar-refractivity contribution < 1.29 is 4.74 Å². The lowest BCUT2D eigenvalue weighted by molar-refractivity contribution is 0.188. The zero-order chi connectivity index (χ0) is 13.8. The maximum atomic E-state index is 5.12. The van der Waals surface area contributed by atoms with Gasteiger partial charge in [0, 0.05) is 33.1 Å². The van der Waals surface area contributed by atoms with Crippen molar-refractivity contribution in [2.45, 2.75) is 26.8 Å². The van der Waals surface area contributed by atoms with E-state index in [1.807, 2.05) is 31.0 Å². The van der Waals surface area contributed by atoms with E-state index in [-0.39, 0.29) is 0 Å². The predicted molar refractivity (Wildman–Crippen MR) is 74.7 cm³/mol. The minimum absolute atomic E-state index is 0.665. The average molecular weight is 263 g/mol. The lowest BCUT2D eigenvalue weighted by atomic mass is 10.3. The molecule has 2 heterocycles. The van der Waals surface area contributed by atoms with Gasteiger partial charge in [0.1, 0.15) is 0 Å². The maximum absolute atomic E-state index is 5.12. The number of nitrogens with zero attached hydrogens (tertiary/aromatic N) is 4. The van der Waals surface area contributed by atoms with E-state index in [2.05, 4.69) is 26.9 Å². The fourth-order valence-electron chi connectivity index (χ4n) is 2.03. The molecule has 0 spiro atoms. The SMILES string of the molecule is CCc1nn(C)cc1Nc1nc(C)cn1CCOC. The van der Waals surface area contributed by atoms with Gasteiger partial charge in [-0.2, -0.15) is 5.10 Å². The summed E-state index contributed by atoms with van der Waals surface area (Å²) in [5, 5.41) is 7.77. The highest BCUT2D eigenvalue weighted by Crippen LogP contribution is 2.20. The van der Waals surface area contributed by atoms with Gasteiger partial charge in [0.25, 0.3) is 0 Å². The molecule has 0 aliphatic carbocycles. The molecular weight excluding hydrogens is 242 g/mol. The molecule has 0 amide bonds. The normalized spacial score (nSPS) is 10.9. The first kappa shape index (κ1) is 13.6. The van der Waals surface area contributed by atoms with Gasteiger partial charge in [0.15, 0.2) is 0 Å². The fourth-order valence-corrected chi connectivity index (χ4v) is 2.03. The summed E-state index contributed by atoms with van der Waals surface area (Å²) in [6.45, 7) is 5.52. The molecule has 0 aliphatic heterocycles. The Labute approximate surface area is 113 Å². The fraction of sp³-hybridized carbons (Fsp3) is 0.538. The number of nitrogens with one attached hydrogen (secondary N) is 1. The molecule has 2 aromatic heterocycles. The standard InChI is InChI=1S/C13H21N5O/c1-5-11-12(9-17(3)16-11)15-13-14-10(2)8-18(13)6-7-19-4/h8-9H,5-7H2,1-4H3,(H,14,15). The maximum Gasteiger partial charge on any atom is 0.207 e. The van der Waals surface area contributed by atoms with Crippen molar-refractivity contribution >= 4 is 11.6 Å². The van der Waals surface area contributed by atoms with E-state index in [1.54, 1.807) is 7.11 Å². The van der Waals surface area contributed by atoms with Gasteiger partial charge >= 0.3 is 0 Å². The highest BCUT2D eigenvalue weighted by Gasteiger charge is 2.10. The molecule has 0 aromatic carbocycles.